The van der Waals surface area contributed by atoms with E-state index >= 15 is 0 Å². The lowest BCUT2D eigenvalue weighted by Gasteiger charge is -1.91. The Morgan fingerprint density at radius 2 is 2.60 bits per heavy atom. The number of nitrogens with zero attached hydrogens (tertiary/aromatic N) is 1. The summed E-state index contributed by atoms with van der Waals surface area (Å²) in [6.45, 7) is 0. The van der Waals surface area contributed by atoms with E-state index in [0.29, 0.717) is 10.2 Å². The van der Waals surface area contributed by atoms with Crippen LogP contribution < -0.4 is 0 Å². The molecule has 1 rings (SSSR count). The Hall–Kier alpha value is -0.840. The second-order valence-corrected chi connectivity index (χ2v) is 2.22. The zero-order chi connectivity index (χ0) is 7.56. The minimum atomic E-state index is -0.465. The Morgan fingerprint density at radius 1 is 1.90 bits per heavy atom. The molecule has 0 unspecified atom stereocenters. The molecule has 0 saturated carbocycles. The summed E-state index contributed by atoms with van der Waals surface area (Å²) in [5.74, 6) is -0.465. The lowest BCUT2D eigenvalue weighted by Crippen LogP contribution is -1.99. The second kappa shape index (κ2) is 2.83. The summed E-state index contributed by atoms with van der Waals surface area (Å²) >= 11 is 2.98. The van der Waals surface area contributed by atoms with Gasteiger partial charge < -0.3 is 9.26 Å². The molecule has 0 aliphatic rings. The third-order valence-electron chi connectivity index (χ3n) is 0.932. The molecule has 0 radical (unpaired) electrons. The number of methoxy groups -OCH3 is 1. The fourth-order valence-corrected chi connectivity index (χ4v) is 0.816. The number of esters is 1. The highest BCUT2D eigenvalue weighted by molar-refractivity contribution is 9.10. The van der Waals surface area contributed by atoms with Crippen LogP contribution in [0.3, 0.4) is 0 Å². The topological polar surface area (TPSA) is 52.3 Å². The summed E-state index contributed by atoms with van der Waals surface area (Å²) in [5.41, 5.74) is 0.294. The lowest BCUT2D eigenvalue weighted by atomic mass is 10.4. The van der Waals surface area contributed by atoms with E-state index in [1.807, 2.05) is 0 Å². The number of halogens is 1. The van der Waals surface area contributed by atoms with Gasteiger partial charge in [-0.15, -0.1) is 0 Å². The molecule has 1 aromatic rings. The van der Waals surface area contributed by atoms with Crippen LogP contribution in [0.5, 0.6) is 0 Å². The molecule has 0 atom stereocenters. The number of carbonyl (C=O) groups is 1. The van der Waals surface area contributed by atoms with Crippen molar-refractivity contribution in [2.24, 2.45) is 0 Å². The highest BCUT2D eigenvalue weighted by Gasteiger charge is 2.13. The number of hydrogen-bond acceptors (Lipinski definition) is 4. The fraction of sp³-hybridized carbons (Fsp3) is 0.200. The molecule has 0 bridgehead atoms. The van der Waals surface area contributed by atoms with Crippen LogP contribution in [0.1, 0.15) is 10.4 Å². The number of rotatable bonds is 1. The number of carbonyl (C=O) groups excluding carboxylic acids is 1. The van der Waals surface area contributed by atoms with Crippen LogP contribution in [0.2, 0.25) is 0 Å². The minimum absolute atomic E-state index is 0.291. The van der Waals surface area contributed by atoms with Crippen molar-refractivity contribution < 1.29 is 14.1 Å². The van der Waals surface area contributed by atoms with Gasteiger partial charge in [-0.05, 0) is 15.9 Å². The molecule has 0 spiro atoms. The van der Waals surface area contributed by atoms with Crippen LogP contribution in [0, 0.1) is 0 Å². The van der Waals surface area contributed by atoms with Gasteiger partial charge in [0.1, 0.15) is 5.56 Å². The molecular weight excluding hydrogens is 202 g/mol. The van der Waals surface area contributed by atoms with Crippen molar-refractivity contribution in [3.05, 3.63) is 16.4 Å². The predicted molar refractivity (Wildman–Crippen MR) is 35.5 cm³/mol. The molecule has 0 saturated heterocycles. The van der Waals surface area contributed by atoms with E-state index in [9.17, 15) is 4.79 Å². The first-order valence-electron chi connectivity index (χ1n) is 2.44. The van der Waals surface area contributed by atoms with Crippen molar-refractivity contribution in [3.8, 4) is 0 Å². The highest BCUT2D eigenvalue weighted by atomic mass is 79.9. The molecular formula is C5H4BrNO3. The van der Waals surface area contributed by atoms with E-state index in [1.54, 1.807) is 0 Å². The van der Waals surface area contributed by atoms with Crippen molar-refractivity contribution in [2.75, 3.05) is 7.11 Å². The van der Waals surface area contributed by atoms with E-state index in [2.05, 4.69) is 30.3 Å². The van der Waals surface area contributed by atoms with Gasteiger partial charge >= 0.3 is 5.97 Å². The first kappa shape index (κ1) is 7.27. The highest BCUT2D eigenvalue weighted by Crippen LogP contribution is 2.15. The van der Waals surface area contributed by atoms with Crippen molar-refractivity contribution in [3.63, 3.8) is 0 Å². The zero-order valence-corrected chi connectivity index (χ0v) is 6.71. The Kier molecular flexibility index (Phi) is 2.06. The Morgan fingerprint density at radius 3 is 3.00 bits per heavy atom. The predicted octanol–water partition coefficient (Wildman–Crippen LogP) is 1.22. The zero-order valence-electron chi connectivity index (χ0n) is 5.13. The number of hydrogen-bond donors (Lipinski definition) is 0. The van der Waals surface area contributed by atoms with Gasteiger partial charge in [0.15, 0.2) is 0 Å². The number of ether oxygens (including phenoxy) is 1. The molecule has 10 heavy (non-hydrogen) atoms. The van der Waals surface area contributed by atoms with E-state index in [0.717, 1.165) is 0 Å². The van der Waals surface area contributed by atoms with Crippen LogP contribution in [0.4, 0.5) is 0 Å². The standard InChI is InChI=1S/C5H4BrNO3/c1-9-5(8)3-2-7-10-4(3)6/h2H,1H3. The monoisotopic (exact) mass is 205 g/mol. The summed E-state index contributed by atoms with van der Waals surface area (Å²) in [6, 6.07) is 0. The summed E-state index contributed by atoms with van der Waals surface area (Å²) in [4.78, 5) is 10.7. The van der Waals surface area contributed by atoms with Crippen molar-refractivity contribution in [2.45, 2.75) is 0 Å². The van der Waals surface area contributed by atoms with Gasteiger partial charge in [-0.3, -0.25) is 0 Å². The second-order valence-electron chi connectivity index (χ2n) is 1.50. The average molecular weight is 206 g/mol. The Balaban J connectivity index is 2.93. The van der Waals surface area contributed by atoms with Crippen molar-refractivity contribution in [1.82, 2.24) is 5.16 Å². The molecule has 0 aliphatic heterocycles. The normalized spacial score (nSPS) is 9.40. The molecule has 0 aliphatic carbocycles. The molecule has 1 aromatic heterocycles. The van der Waals surface area contributed by atoms with Crippen LogP contribution in [-0.4, -0.2) is 18.2 Å². The molecule has 1 heterocycles. The third-order valence-corrected chi connectivity index (χ3v) is 1.50. The van der Waals surface area contributed by atoms with Gasteiger partial charge in [-0.1, -0.05) is 5.16 Å². The summed E-state index contributed by atoms with van der Waals surface area (Å²) < 4.78 is 9.25. The summed E-state index contributed by atoms with van der Waals surface area (Å²) in [5, 5.41) is 3.37. The maximum absolute atomic E-state index is 10.7. The molecule has 0 fully saturated rings. The lowest BCUT2D eigenvalue weighted by molar-refractivity contribution is 0.0598. The minimum Gasteiger partial charge on any atom is -0.465 e. The van der Waals surface area contributed by atoms with Gasteiger partial charge in [-0.25, -0.2) is 4.79 Å². The smallest absolute Gasteiger partial charge is 0.344 e. The largest absolute Gasteiger partial charge is 0.465 e. The maximum atomic E-state index is 10.7. The SMILES string of the molecule is COC(=O)c1cnoc1Br. The Labute approximate surface area is 65.3 Å². The molecule has 4 nitrogen and oxygen atoms in total. The van der Waals surface area contributed by atoms with Crippen LogP contribution >= 0.6 is 15.9 Å². The molecule has 0 N–H and O–H groups in total. The van der Waals surface area contributed by atoms with E-state index < -0.39 is 5.97 Å². The Bertz CT molecular complexity index is 245. The van der Waals surface area contributed by atoms with E-state index in [1.165, 1.54) is 13.3 Å². The van der Waals surface area contributed by atoms with E-state index in [4.69, 9.17) is 0 Å². The quantitative estimate of drug-likeness (QED) is 0.648. The van der Waals surface area contributed by atoms with E-state index in [-0.39, 0.29) is 0 Å². The third kappa shape index (κ3) is 1.18. The van der Waals surface area contributed by atoms with Gasteiger partial charge in [-0.2, -0.15) is 0 Å². The van der Waals surface area contributed by atoms with Crippen LogP contribution in [0.15, 0.2) is 15.4 Å². The van der Waals surface area contributed by atoms with Crippen molar-refractivity contribution in [1.29, 1.82) is 0 Å². The van der Waals surface area contributed by atoms with Crippen molar-refractivity contribution >= 4 is 21.9 Å². The molecule has 5 heteroatoms. The summed E-state index contributed by atoms with van der Waals surface area (Å²) in [6.07, 6.45) is 1.29. The van der Waals surface area contributed by atoms with Gasteiger partial charge in [0.2, 0.25) is 4.67 Å². The fourth-order valence-electron chi connectivity index (χ4n) is 0.468. The molecule has 0 amide bonds. The van der Waals surface area contributed by atoms with Crippen LogP contribution in [-0.2, 0) is 4.74 Å². The maximum Gasteiger partial charge on any atom is 0.344 e. The number of aromatic nitrogens is 1. The molecule has 54 valence electrons. The van der Waals surface area contributed by atoms with Gasteiger partial charge in [0.25, 0.3) is 0 Å². The van der Waals surface area contributed by atoms with Crippen LogP contribution in [0.25, 0.3) is 0 Å². The first-order chi connectivity index (χ1) is 4.75. The molecule has 0 aromatic carbocycles. The summed E-state index contributed by atoms with van der Waals surface area (Å²) in [7, 11) is 1.29. The van der Waals surface area contributed by atoms with Gasteiger partial charge in [0, 0.05) is 0 Å². The average Bonchev–Trinajstić information content (AvgIpc) is 2.34. The van der Waals surface area contributed by atoms with Gasteiger partial charge in [0.05, 0.1) is 13.3 Å². The first-order valence-corrected chi connectivity index (χ1v) is 3.23.